The van der Waals surface area contributed by atoms with E-state index in [1.807, 2.05) is 36.1 Å². The van der Waals surface area contributed by atoms with Crippen LogP contribution in [0, 0.1) is 6.92 Å². The monoisotopic (exact) mass is 369 g/mol. The normalized spacial score (nSPS) is 14.0. The van der Waals surface area contributed by atoms with Gasteiger partial charge in [0, 0.05) is 38.1 Å². The molecule has 0 saturated carbocycles. The van der Waals surface area contributed by atoms with Gasteiger partial charge < -0.3 is 19.9 Å². The first kappa shape index (κ1) is 18.6. The number of carbonyl (C=O) groups is 2. The Labute approximate surface area is 158 Å². The lowest BCUT2D eigenvalue weighted by molar-refractivity contribution is 0.102. The molecular weight excluding hydrogens is 346 g/mol. The highest BCUT2D eigenvalue weighted by Gasteiger charge is 2.23. The van der Waals surface area contributed by atoms with Crippen molar-refractivity contribution in [2.24, 2.45) is 0 Å². The first-order valence-electron chi connectivity index (χ1n) is 8.94. The summed E-state index contributed by atoms with van der Waals surface area (Å²) in [5, 5.41) is 2.83. The van der Waals surface area contributed by atoms with Crippen LogP contribution in [0.2, 0.25) is 0 Å². The molecule has 2 heterocycles. The fourth-order valence-electron chi connectivity index (χ4n) is 2.76. The lowest BCUT2D eigenvalue weighted by Crippen LogP contribution is -2.49. The highest BCUT2D eigenvalue weighted by atomic mass is 16.6. The number of hydrogen-bond acceptors (Lipinski definition) is 6. The van der Waals surface area contributed by atoms with E-state index in [2.05, 4.69) is 15.3 Å². The Balaban J connectivity index is 1.63. The lowest BCUT2D eigenvalue weighted by Gasteiger charge is -2.34. The summed E-state index contributed by atoms with van der Waals surface area (Å²) in [7, 11) is 0. The van der Waals surface area contributed by atoms with Crippen molar-refractivity contribution in [3.05, 3.63) is 47.8 Å². The third-order valence-electron chi connectivity index (χ3n) is 4.27. The van der Waals surface area contributed by atoms with Crippen LogP contribution in [0.25, 0.3) is 0 Å². The number of nitrogens with zero attached hydrogens (tertiary/aromatic N) is 4. The number of aromatic nitrogens is 2. The first-order chi connectivity index (χ1) is 13.1. The molecule has 8 nitrogen and oxygen atoms in total. The van der Waals surface area contributed by atoms with Gasteiger partial charge >= 0.3 is 6.09 Å². The third-order valence-corrected chi connectivity index (χ3v) is 4.27. The van der Waals surface area contributed by atoms with Crippen molar-refractivity contribution in [2.45, 2.75) is 13.8 Å². The van der Waals surface area contributed by atoms with Gasteiger partial charge in [0.15, 0.2) is 0 Å². The molecule has 27 heavy (non-hydrogen) atoms. The standard InChI is InChI=1S/C19H23N5O3/c1-3-27-19(26)24-12-10-23(11-13-24)18-20-9-8-16(22-18)17(25)21-15-6-4-14(2)5-7-15/h4-9H,3,10-13H2,1-2H3,(H,21,25). The second kappa shape index (κ2) is 8.48. The van der Waals surface area contributed by atoms with Gasteiger partial charge in [-0.25, -0.2) is 14.8 Å². The molecule has 1 aliphatic rings. The first-order valence-corrected chi connectivity index (χ1v) is 8.94. The molecule has 1 fully saturated rings. The minimum absolute atomic E-state index is 0.285. The van der Waals surface area contributed by atoms with Gasteiger partial charge in [-0.2, -0.15) is 0 Å². The van der Waals surface area contributed by atoms with Crippen LogP contribution in [0.15, 0.2) is 36.5 Å². The minimum Gasteiger partial charge on any atom is -0.450 e. The lowest BCUT2D eigenvalue weighted by atomic mass is 10.2. The van der Waals surface area contributed by atoms with Gasteiger partial charge in [-0.3, -0.25) is 4.79 Å². The Morgan fingerprint density at radius 3 is 2.48 bits per heavy atom. The third kappa shape index (κ3) is 4.72. The molecule has 1 aliphatic heterocycles. The summed E-state index contributed by atoms with van der Waals surface area (Å²) in [6.45, 7) is 6.37. The maximum atomic E-state index is 12.5. The molecule has 8 heteroatoms. The number of benzene rings is 1. The smallest absolute Gasteiger partial charge is 0.409 e. The van der Waals surface area contributed by atoms with Crippen LogP contribution < -0.4 is 10.2 Å². The molecule has 142 valence electrons. The summed E-state index contributed by atoms with van der Waals surface area (Å²) in [4.78, 5) is 36.5. The van der Waals surface area contributed by atoms with E-state index in [1.165, 1.54) is 0 Å². The van der Waals surface area contributed by atoms with Crippen LogP contribution in [0.4, 0.5) is 16.4 Å². The van der Waals surface area contributed by atoms with Crippen molar-refractivity contribution in [3.8, 4) is 0 Å². The van der Waals surface area contributed by atoms with E-state index in [-0.39, 0.29) is 12.0 Å². The number of anilines is 2. The van der Waals surface area contributed by atoms with Crippen LogP contribution in [0.1, 0.15) is 23.0 Å². The van der Waals surface area contributed by atoms with Crippen LogP contribution in [-0.4, -0.2) is 59.7 Å². The zero-order valence-corrected chi connectivity index (χ0v) is 15.5. The van der Waals surface area contributed by atoms with Gasteiger partial charge in [0.2, 0.25) is 5.95 Å². The summed E-state index contributed by atoms with van der Waals surface area (Å²) < 4.78 is 5.02. The van der Waals surface area contributed by atoms with Crippen molar-refractivity contribution in [1.82, 2.24) is 14.9 Å². The van der Waals surface area contributed by atoms with E-state index in [0.717, 1.165) is 5.56 Å². The van der Waals surface area contributed by atoms with E-state index in [1.54, 1.807) is 24.1 Å². The zero-order valence-electron chi connectivity index (χ0n) is 15.5. The summed E-state index contributed by atoms with van der Waals surface area (Å²) >= 11 is 0. The number of carbonyl (C=O) groups excluding carboxylic acids is 2. The number of ether oxygens (including phenoxy) is 1. The van der Waals surface area contributed by atoms with Gasteiger partial charge in [0.25, 0.3) is 5.91 Å². The zero-order chi connectivity index (χ0) is 19.2. The van der Waals surface area contributed by atoms with E-state index in [4.69, 9.17) is 4.74 Å². The Bertz CT molecular complexity index is 801. The highest BCUT2D eigenvalue weighted by molar-refractivity contribution is 6.02. The second-order valence-electron chi connectivity index (χ2n) is 6.24. The van der Waals surface area contributed by atoms with E-state index in [9.17, 15) is 9.59 Å². The van der Waals surface area contributed by atoms with Gasteiger partial charge in [-0.1, -0.05) is 17.7 Å². The van der Waals surface area contributed by atoms with Gasteiger partial charge in [-0.15, -0.1) is 0 Å². The maximum absolute atomic E-state index is 12.5. The van der Waals surface area contributed by atoms with Gasteiger partial charge in [-0.05, 0) is 32.0 Å². The average Bonchev–Trinajstić information content (AvgIpc) is 2.70. The number of aryl methyl sites for hydroxylation is 1. The molecule has 1 aromatic carbocycles. The fourth-order valence-corrected chi connectivity index (χ4v) is 2.76. The molecule has 0 radical (unpaired) electrons. The number of nitrogens with one attached hydrogen (secondary N) is 1. The molecule has 3 rings (SSSR count). The maximum Gasteiger partial charge on any atom is 0.409 e. The molecule has 1 saturated heterocycles. The van der Waals surface area contributed by atoms with Crippen molar-refractivity contribution in [3.63, 3.8) is 0 Å². The topological polar surface area (TPSA) is 87.7 Å². The summed E-state index contributed by atoms with van der Waals surface area (Å²) in [5.74, 6) is 0.197. The van der Waals surface area contributed by atoms with Crippen molar-refractivity contribution in [2.75, 3.05) is 43.0 Å². The minimum atomic E-state index is -0.302. The summed E-state index contributed by atoms with van der Waals surface area (Å²) in [6.07, 6.45) is 1.27. The summed E-state index contributed by atoms with van der Waals surface area (Å²) in [6, 6.07) is 9.16. The van der Waals surface area contributed by atoms with Crippen molar-refractivity contribution in [1.29, 1.82) is 0 Å². The van der Waals surface area contributed by atoms with Crippen molar-refractivity contribution < 1.29 is 14.3 Å². The molecule has 0 bridgehead atoms. The van der Waals surface area contributed by atoms with Gasteiger partial charge in [0.1, 0.15) is 5.69 Å². The van der Waals surface area contributed by atoms with E-state index >= 15 is 0 Å². The summed E-state index contributed by atoms with van der Waals surface area (Å²) in [5.41, 5.74) is 2.14. The van der Waals surface area contributed by atoms with Crippen LogP contribution in [0.3, 0.4) is 0 Å². The molecule has 0 spiro atoms. The highest BCUT2D eigenvalue weighted by Crippen LogP contribution is 2.14. The number of rotatable bonds is 4. The second-order valence-corrected chi connectivity index (χ2v) is 6.24. The van der Waals surface area contributed by atoms with E-state index < -0.39 is 0 Å². The predicted octanol–water partition coefficient (Wildman–Crippen LogP) is 2.32. The van der Waals surface area contributed by atoms with Crippen LogP contribution in [0.5, 0.6) is 0 Å². The quantitative estimate of drug-likeness (QED) is 0.890. The number of amides is 2. The Hall–Kier alpha value is -3.16. The predicted molar refractivity (Wildman–Crippen MR) is 102 cm³/mol. The number of hydrogen-bond donors (Lipinski definition) is 1. The fraction of sp³-hybridized carbons (Fsp3) is 0.368. The van der Waals surface area contributed by atoms with Crippen molar-refractivity contribution >= 4 is 23.6 Å². The van der Waals surface area contributed by atoms with Crippen LogP contribution >= 0.6 is 0 Å². The Morgan fingerprint density at radius 1 is 1.11 bits per heavy atom. The number of piperazine rings is 1. The largest absolute Gasteiger partial charge is 0.450 e. The van der Waals surface area contributed by atoms with Gasteiger partial charge in [0.05, 0.1) is 6.61 Å². The Morgan fingerprint density at radius 2 is 1.81 bits per heavy atom. The van der Waals surface area contributed by atoms with Crippen LogP contribution in [-0.2, 0) is 4.74 Å². The molecule has 2 aromatic rings. The molecule has 1 aromatic heterocycles. The Kier molecular flexibility index (Phi) is 5.85. The molecular formula is C19H23N5O3. The average molecular weight is 369 g/mol. The molecule has 0 aliphatic carbocycles. The molecule has 1 N–H and O–H groups in total. The molecule has 0 atom stereocenters. The molecule has 0 unspecified atom stereocenters. The van der Waals surface area contributed by atoms with E-state index in [0.29, 0.717) is 50.1 Å². The molecule has 2 amide bonds. The SMILES string of the molecule is CCOC(=O)N1CCN(c2nccc(C(=O)Nc3ccc(C)cc3)n2)CC1.